The van der Waals surface area contributed by atoms with Crippen LogP contribution >= 0.6 is 0 Å². The summed E-state index contributed by atoms with van der Waals surface area (Å²) in [5.41, 5.74) is -0.476. The van der Waals surface area contributed by atoms with E-state index in [2.05, 4.69) is 20.0 Å². The van der Waals surface area contributed by atoms with Crippen molar-refractivity contribution in [2.45, 2.75) is 13.3 Å². The Morgan fingerprint density at radius 1 is 1.06 bits per heavy atom. The standard InChI is InChI=1S/C23H18F4N4O2S/c1-2-7-34(33)31-19-6-5-18(26)20(21(19)27)23(32)30-13-9-15-16(11-29-22(15)28-10-13)14-8-12(24)3-4-17(14)25/h3-6,8-11,31H,2,7H2,1H3,(H,28,29)(H,30,32). The van der Waals surface area contributed by atoms with Crippen LogP contribution in [0.2, 0.25) is 0 Å². The highest BCUT2D eigenvalue weighted by Gasteiger charge is 2.22. The number of H-pyrrole nitrogens is 1. The Kier molecular flexibility index (Phi) is 6.64. The number of anilines is 2. The summed E-state index contributed by atoms with van der Waals surface area (Å²) in [6.45, 7) is 1.79. The molecule has 4 rings (SSSR count). The second-order valence-electron chi connectivity index (χ2n) is 7.34. The Morgan fingerprint density at radius 2 is 1.82 bits per heavy atom. The summed E-state index contributed by atoms with van der Waals surface area (Å²) in [6, 6.07) is 6.37. The molecule has 2 aromatic carbocycles. The molecule has 0 fully saturated rings. The second kappa shape index (κ2) is 9.64. The van der Waals surface area contributed by atoms with E-state index in [0.717, 1.165) is 30.3 Å². The van der Waals surface area contributed by atoms with Crippen molar-refractivity contribution in [1.82, 2.24) is 9.97 Å². The van der Waals surface area contributed by atoms with E-state index in [4.69, 9.17) is 0 Å². The molecule has 1 amide bonds. The molecule has 0 aliphatic carbocycles. The molecule has 0 aliphatic heterocycles. The highest BCUT2D eigenvalue weighted by molar-refractivity contribution is 7.86. The van der Waals surface area contributed by atoms with Gasteiger partial charge in [0, 0.05) is 28.5 Å². The average Bonchev–Trinajstić information content (AvgIpc) is 3.21. The van der Waals surface area contributed by atoms with Crippen molar-refractivity contribution in [2.75, 3.05) is 15.8 Å². The summed E-state index contributed by atoms with van der Waals surface area (Å²) >= 11 is 0. The van der Waals surface area contributed by atoms with E-state index >= 15 is 0 Å². The number of fused-ring (bicyclic) bond motifs is 1. The van der Waals surface area contributed by atoms with Crippen LogP contribution in [0.1, 0.15) is 23.7 Å². The zero-order valence-corrected chi connectivity index (χ0v) is 18.5. The van der Waals surface area contributed by atoms with Gasteiger partial charge < -0.3 is 15.0 Å². The predicted octanol–water partition coefficient (Wildman–Crippen LogP) is 5.52. The monoisotopic (exact) mass is 490 g/mol. The number of aromatic nitrogens is 2. The van der Waals surface area contributed by atoms with Gasteiger partial charge in [0.05, 0.1) is 17.6 Å². The van der Waals surface area contributed by atoms with E-state index in [1.807, 2.05) is 0 Å². The zero-order chi connectivity index (χ0) is 24.4. The van der Waals surface area contributed by atoms with Gasteiger partial charge in [-0.1, -0.05) is 6.92 Å². The number of nitrogens with zero attached hydrogens (tertiary/aromatic N) is 1. The molecule has 0 saturated carbocycles. The first-order chi connectivity index (χ1) is 16.3. The third kappa shape index (κ3) is 4.65. The molecule has 4 aromatic rings. The van der Waals surface area contributed by atoms with E-state index in [1.54, 1.807) is 6.92 Å². The van der Waals surface area contributed by atoms with Gasteiger partial charge in [-0.25, -0.2) is 26.8 Å². The predicted molar refractivity (Wildman–Crippen MR) is 123 cm³/mol. The lowest BCUT2D eigenvalue weighted by molar-refractivity contribution is 0.101. The maximum absolute atomic E-state index is 14.9. The van der Waals surface area contributed by atoms with Crippen LogP contribution < -0.4 is 10.0 Å². The van der Waals surface area contributed by atoms with E-state index in [0.29, 0.717) is 17.5 Å². The van der Waals surface area contributed by atoms with Crippen molar-refractivity contribution in [2.24, 2.45) is 0 Å². The first-order valence-corrected chi connectivity index (χ1v) is 11.5. The van der Waals surface area contributed by atoms with Gasteiger partial charge in [0.25, 0.3) is 5.91 Å². The molecule has 11 heteroatoms. The zero-order valence-electron chi connectivity index (χ0n) is 17.7. The number of halogens is 4. The summed E-state index contributed by atoms with van der Waals surface area (Å²) in [6.07, 6.45) is 3.26. The summed E-state index contributed by atoms with van der Waals surface area (Å²) in [5.74, 6) is -4.46. The fourth-order valence-corrected chi connectivity index (χ4v) is 4.27. The topological polar surface area (TPSA) is 86.9 Å². The Balaban J connectivity index is 1.66. The molecule has 34 heavy (non-hydrogen) atoms. The molecule has 1 atom stereocenters. The molecule has 3 N–H and O–H groups in total. The third-order valence-electron chi connectivity index (χ3n) is 4.94. The van der Waals surface area contributed by atoms with Crippen LogP contribution in [-0.4, -0.2) is 25.8 Å². The van der Waals surface area contributed by atoms with E-state index in [1.165, 1.54) is 18.5 Å². The molecule has 176 valence electrons. The van der Waals surface area contributed by atoms with E-state index < -0.39 is 45.7 Å². The van der Waals surface area contributed by atoms with Crippen LogP contribution in [0, 0.1) is 23.3 Å². The van der Waals surface area contributed by atoms with Crippen molar-refractivity contribution in [3.05, 3.63) is 77.6 Å². The Hall–Kier alpha value is -3.73. The minimum Gasteiger partial charge on any atom is -0.346 e. The molecule has 0 saturated heterocycles. The van der Waals surface area contributed by atoms with Crippen LogP contribution in [0.5, 0.6) is 0 Å². The molecule has 1 unspecified atom stereocenters. The minimum absolute atomic E-state index is 0.0209. The number of amides is 1. The summed E-state index contributed by atoms with van der Waals surface area (Å²) in [5, 5.41) is 2.72. The molecule has 2 heterocycles. The molecular formula is C23H18F4N4O2S. The number of nitrogens with one attached hydrogen (secondary N) is 3. The first kappa shape index (κ1) is 23.4. The third-order valence-corrected chi connectivity index (χ3v) is 6.17. The van der Waals surface area contributed by atoms with Gasteiger partial charge in [-0.2, -0.15) is 0 Å². The molecule has 2 aromatic heterocycles. The smallest absolute Gasteiger partial charge is 0.261 e. The van der Waals surface area contributed by atoms with Crippen LogP contribution in [0.4, 0.5) is 28.9 Å². The molecule has 6 nitrogen and oxygen atoms in total. The Bertz CT molecular complexity index is 1420. The van der Waals surface area contributed by atoms with Crippen LogP contribution in [0.25, 0.3) is 22.2 Å². The van der Waals surface area contributed by atoms with Crippen LogP contribution in [-0.2, 0) is 11.0 Å². The molecular weight excluding hydrogens is 472 g/mol. The lowest BCUT2D eigenvalue weighted by Gasteiger charge is -2.12. The Morgan fingerprint density at radius 3 is 2.59 bits per heavy atom. The van der Waals surface area contributed by atoms with Gasteiger partial charge in [0.15, 0.2) is 5.82 Å². The lowest BCUT2D eigenvalue weighted by atomic mass is 10.0. The average molecular weight is 490 g/mol. The van der Waals surface area contributed by atoms with Gasteiger partial charge in [-0.05, 0) is 42.8 Å². The fraction of sp³-hybridized carbons (Fsp3) is 0.130. The fourth-order valence-electron chi connectivity index (χ4n) is 3.39. The quantitative estimate of drug-likeness (QED) is 0.298. The highest BCUT2D eigenvalue weighted by atomic mass is 32.2. The van der Waals surface area contributed by atoms with Gasteiger partial charge >= 0.3 is 0 Å². The molecule has 0 aliphatic rings. The van der Waals surface area contributed by atoms with Crippen molar-refractivity contribution >= 4 is 39.3 Å². The number of hydrogen-bond acceptors (Lipinski definition) is 3. The number of carbonyl (C=O) groups excluding carboxylic acids is 1. The lowest BCUT2D eigenvalue weighted by Crippen LogP contribution is -2.18. The Labute approximate surface area is 194 Å². The van der Waals surface area contributed by atoms with Crippen molar-refractivity contribution in [3.8, 4) is 11.1 Å². The number of carbonyl (C=O) groups is 1. The summed E-state index contributed by atoms with van der Waals surface area (Å²) in [7, 11) is -1.60. The van der Waals surface area contributed by atoms with Gasteiger partial charge in [-0.3, -0.25) is 4.79 Å². The largest absolute Gasteiger partial charge is 0.346 e. The maximum atomic E-state index is 14.9. The SMILES string of the molecule is CCCS(=O)Nc1ccc(F)c(C(=O)Nc2cnc3[nH]cc(-c4cc(F)ccc4F)c3c2)c1F. The number of rotatable bonds is 7. The van der Waals surface area contributed by atoms with E-state index in [9.17, 15) is 26.6 Å². The number of benzene rings is 2. The summed E-state index contributed by atoms with van der Waals surface area (Å²) < 4.78 is 71.5. The molecule has 0 bridgehead atoms. The van der Waals surface area contributed by atoms with Crippen molar-refractivity contribution in [3.63, 3.8) is 0 Å². The number of pyridine rings is 1. The minimum atomic E-state index is -1.60. The highest BCUT2D eigenvalue weighted by Crippen LogP contribution is 2.32. The normalized spacial score (nSPS) is 12.0. The van der Waals surface area contributed by atoms with Crippen molar-refractivity contribution < 1.29 is 26.6 Å². The second-order valence-corrected chi connectivity index (χ2v) is 8.64. The maximum Gasteiger partial charge on any atom is 0.261 e. The molecule has 0 spiro atoms. The summed E-state index contributed by atoms with van der Waals surface area (Å²) in [4.78, 5) is 19.7. The number of hydrogen-bond donors (Lipinski definition) is 3. The van der Waals surface area contributed by atoms with Crippen LogP contribution in [0.3, 0.4) is 0 Å². The van der Waals surface area contributed by atoms with Gasteiger partial charge in [0.1, 0.15) is 39.6 Å². The first-order valence-electron chi connectivity index (χ1n) is 10.2. The van der Waals surface area contributed by atoms with Crippen LogP contribution in [0.15, 0.2) is 48.8 Å². The van der Waals surface area contributed by atoms with Crippen molar-refractivity contribution in [1.29, 1.82) is 0 Å². The molecule has 0 radical (unpaired) electrons. The van der Waals surface area contributed by atoms with Gasteiger partial charge in [0.2, 0.25) is 0 Å². The number of aromatic amines is 1. The van der Waals surface area contributed by atoms with Gasteiger partial charge in [-0.15, -0.1) is 0 Å². The van der Waals surface area contributed by atoms with E-state index in [-0.39, 0.29) is 28.3 Å².